The van der Waals surface area contributed by atoms with E-state index in [0.717, 1.165) is 4.57 Å². The maximum absolute atomic E-state index is 13.2. The van der Waals surface area contributed by atoms with Crippen LogP contribution in [0.4, 0.5) is 4.39 Å². The third-order valence-corrected chi connectivity index (χ3v) is 4.90. The van der Waals surface area contributed by atoms with Gasteiger partial charge in [0.2, 0.25) is 5.91 Å². The van der Waals surface area contributed by atoms with Crippen LogP contribution in [0.5, 0.6) is 0 Å². The number of carbonyl (C=O) groups excluding carboxylic acids is 1. The molecule has 1 aliphatic heterocycles. The molecule has 3 heterocycles. The Morgan fingerprint density at radius 2 is 1.79 bits per heavy atom. The van der Waals surface area contributed by atoms with Gasteiger partial charge in [-0.05, 0) is 29.8 Å². The van der Waals surface area contributed by atoms with E-state index in [1.54, 1.807) is 17.0 Å². The van der Waals surface area contributed by atoms with E-state index in [-0.39, 0.29) is 24.5 Å². The molecule has 0 aliphatic carbocycles. The highest BCUT2D eigenvalue weighted by molar-refractivity contribution is 5.79. The van der Waals surface area contributed by atoms with Crippen molar-refractivity contribution in [3.63, 3.8) is 0 Å². The fourth-order valence-electron chi connectivity index (χ4n) is 3.36. The highest BCUT2D eigenvalue weighted by Gasteiger charge is 2.21. The van der Waals surface area contributed by atoms with Gasteiger partial charge in [0, 0.05) is 19.3 Å². The van der Waals surface area contributed by atoms with Gasteiger partial charge in [-0.1, -0.05) is 12.1 Å². The molecule has 150 valence electrons. The first kappa shape index (κ1) is 19.0. The molecule has 1 aliphatic rings. The molecule has 0 N–H and O–H groups in total. The van der Waals surface area contributed by atoms with Crippen molar-refractivity contribution < 1.29 is 13.9 Å². The van der Waals surface area contributed by atoms with Gasteiger partial charge in [0.1, 0.15) is 12.4 Å². The molecule has 0 unspecified atom stereocenters. The minimum Gasteiger partial charge on any atom is -0.378 e. The van der Waals surface area contributed by atoms with Crippen LogP contribution in [0.2, 0.25) is 0 Å². The number of amides is 1. The molecule has 0 saturated carbocycles. The summed E-state index contributed by atoms with van der Waals surface area (Å²) in [5, 5.41) is 0. The quantitative estimate of drug-likeness (QED) is 0.643. The predicted molar refractivity (Wildman–Crippen MR) is 103 cm³/mol. The minimum atomic E-state index is -0.610. The zero-order valence-electron chi connectivity index (χ0n) is 15.6. The lowest BCUT2D eigenvalue weighted by atomic mass is 10.2. The number of pyridine rings is 1. The Labute approximate surface area is 164 Å². The van der Waals surface area contributed by atoms with E-state index in [4.69, 9.17) is 4.74 Å². The van der Waals surface area contributed by atoms with E-state index in [9.17, 15) is 18.8 Å². The highest BCUT2D eigenvalue weighted by Crippen LogP contribution is 2.08. The molecular formula is C20H19FN4O4. The monoisotopic (exact) mass is 398 g/mol. The molecule has 29 heavy (non-hydrogen) atoms. The average Bonchev–Trinajstić information content (AvgIpc) is 2.76. The van der Waals surface area contributed by atoms with E-state index in [1.165, 1.54) is 35.0 Å². The molecule has 0 bridgehead atoms. The number of hydrogen-bond donors (Lipinski definition) is 0. The standard InChI is InChI=1S/C20H19FN4O4/c21-15-5-3-14(4-6-15)12-25-19(27)18-16(2-1-7-22-18)24(20(25)28)13-17(26)23-8-10-29-11-9-23/h1-7H,8-13H2. The number of hydrogen-bond acceptors (Lipinski definition) is 5. The topological polar surface area (TPSA) is 86.4 Å². The maximum atomic E-state index is 13.2. The maximum Gasteiger partial charge on any atom is 0.332 e. The van der Waals surface area contributed by atoms with E-state index in [2.05, 4.69) is 4.98 Å². The second-order valence-corrected chi connectivity index (χ2v) is 6.75. The summed E-state index contributed by atoms with van der Waals surface area (Å²) in [6, 6.07) is 8.75. The first-order valence-corrected chi connectivity index (χ1v) is 9.23. The van der Waals surface area contributed by atoms with E-state index in [1.807, 2.05) is 0 Å². The number of carbonyl (C=O) groups is 1. The molecule has 1 saturated heterocycles. The van der Waals surface area contributed by atoms with Gasteiger partial charge in [-0.2, -0.15) is 0 Å². The van der Waals surface area contributed by atoms with Crippen LogP contribution in [-0.4, -0.2) is 51.2 Å². The third-order valence-electron chi connectivity index (χ3n) is 4.90. The molecule has 8 nitrogen and oxygen atoms in total. The van der Waals surface area contributed by atoms with Gasteiger partial charge in [-0.3, -0.25) is 18.7 Å². The molecule has 0 atom stereocenters. The van der Waals surface area contributed by atoms with Crippen LogP contribution >= 0.6 is 0 Å². The van der Waals surface area contributed by atoms with Gasteiger partial charge in [-0.15, -0.1) is 0 Å². The second-order valence-electron chi connectivity index (χ2n) is 6.75. The van der Waals surface area contributed by atoms with E-state index < -0.39 is 17.1 Å². The van der Waals surface area contributed by atoms with Crippen molar-refractivity contribution in [1.82, 2.24) is 19.0 Å². The molecule has 1 amide bonds. The molecule has 9 heteroatoms. The number of ether oxygens (including phenoxy) is 1. The Hall–Kier alpha value is -3.33. The number of benzene rings is 1. The summed E-state index contributed by atoms with van der Waals surface area (Å²) in [6.07, 6.45) is 1.46. The van der Waals surface area contributed by atoms with Crippen LogP contribution in [0.1, 0.15) is 5.56 Å². The van der Waals surface area contributed by atoms with Gasteiger partial charge in [0.15, 0.2) is 5.52 Å². The normalized spacial score (nSPS) is 14.3. The summed E-state index contributed by atoms with van der Waals surface area (Å²) >= 11 is 0. The largest absolute Gasteiger partial charge is 0.378 e. The molecule has 2 aromatic heterocycles. The van der Waals surface area contributed by atoms with Gasteiger partial charge < -0.3 is 9.64 Å². The lowest BCUT2D eigenvalue weighted by molar-refractivity contribution is -0.135. The van der Waals surface area contributed by atoms with Crippen LogP contribution in [-0.2, 0) is 22.6 Å². The van der Waals surface area contributed by atoms with Gasteiger partial charge in [0.05, 0.1) is 25.3 Å². The Bertz CT molecular complexity index is 1160. The summed E-state index contributed by atoms with van der Waals surface area (Å²) in [5.74, 6) is -0.637. The third kappa shape index (κ3) is 3.81. The lowest BCUT2D eigenvalue weighted by Crippen LogP contribution is -2.46. The van der Waals surface area contributed by atoms with Crippen LogP contribution in [0.25, 0.3) is 11.0 Å². The van der Waals surface area contributed by atoms with Crippen LogP contribution in [0, 0.1) is 5.82 Å². The average molecular weight is 398 g/mol. The van der Waals surface area contributed by atoms with Crippen molar-refractivity contribution in [2.45, 2.75) is 13.1 Å². The fraction of sp³-hybridized carbons (Fsp3) is 0.300. The SMILES string of the molecule is O=C(Cn1c(=O)n(Cc2ccc(F)cc2)c(=O)c2ncccc21)N1CCOCC1. The number of rotatable bonds is 4. The Kier molecular flexibility index (Phi) is 5.22. The predicted octanol–water partition coefficient (Wildman–Crippen LogP) is 0.604. The minimum absolute atomic E-state index is 0.0454. The summed E-state index contributed by atoms with van der Waals surface area (Å²) < 4.78 is 20.7. The fourth-order valence-corrected chi connectivity index (χ4v) is 3.36. The zero-order chi connectivity index (χ0) is 20.4. The summed E-state index contributed by atoms with van der Waals surface area (Å²) in [7, 11) is 0. The summed E-state index contributed by atoms with van der Waals surface area (Å²) in [4.78, 5) is 44.5. The van der Waals surface area contributed by atoms with Crippen LogP contribution < -0.4 is 11.2 Å². The smallest absolute Gasteiger partial charge is 0.332 e. The van der Waals surface area contributed by atoms with Crippen molar-refractivity contribution in [3.8, 4) is 0 Å². The summed E-state index contributed by atoms with van der Waals surface area (Å²) in [5.41, 5.74) is -0.165. The van der Waals surface area contributed by atoms with Gasteiger partial charge in [-0.25, -0.2) is 14.2 Å². The Morgan fingerprint density at radius 1 is 1.07 bits per heavy atom. The molecule has 1 fully saturated rings. The highest BCUT2D eigenvalue weighted by atomic mass is 19.1. The Morgan fingerprint density at radius 3 is 2.52 bits per heavy atom. The van der Waals surface area contributed by atoms with Gasteiger partial charge >= 0.3 is 5.69 Å². The van der Waals surface area contributed by atoms with Crippen molar-refractivity contribution in [2.24, 2.45) is 0 Å². The molecule has 3 aromatic rings. The van der Waals surface area contributed by atoms with Crippen molar-refractivity contribution in [3.05, 3.63) is 74.8 Å². The molecule has 0 spiro atoms. The first-order chi connectivity index (χ1) is 14.0. The second kappa shape index (κ2) is 7.96. The Balaban J connectivity index is 1.78. The van der Waals surface area contributed by atoms with Crippen LogP contribution in [0.15, 0.2) is 52.2 Å². The number of halogens is 1. The van der Waals surface area contributed by atoms with Crippen molar-refractivity contribution in [1.29, 1.82) is 0 Å². The first-order valence-electron chi connectivity index (χ1n) is 9.23. The number of morpholine rings is 1. The van der Waals surface area contributed by atoms with E-state index in [0.29, 0.717) is 37.4 Å². The van der Waals surface area contributed by atoms with Gasteiger partial charge in [0.25, 0.3) is 5.56 Å². The molecular weight excluding hydrogens is 379 g/mol. The summed E-state index contributed by atoms with van der Waals surface area (Å²) in [6.45, 7) is 1.57. The number of aromatic nitrogens is 3. The molecule has 0 radical (unpaired) electrons. The zero-order valence-corrected chi connectivity index (χ0v) is 15.6. The van der Waals surface area contributed by atoms with Crippen molar-refractivity contribution in [2.75, 3.05) is 26.3 Å². The van der Waals surface area contributed by atoms with Crippen molar-refractivity contribution >= 4 is 16.9 Å². The van der Waals surface area contributed by atoms with Crippen LogP contribution in [0.3, 0.4) is 0 Å². The number of nitrogens with zero attached hydrogens (tertiary/aromatic N) is 4. The number of fused-ring (bicyclic) bond motifs is 1. The lowest BCUT2D eigenvalue weighted by Gasteiger charge is -2.27. The molecule has 1 aromatic carbocycles. The molecule has 4 rings (SSSR count). The van der Waals surface area contributed by atoms with E-state index >= 15 is 0 Å².